The van der Waals surface area contributed by atoms with Gasteiger partial charge in [0.05, 0.1) is 11.5 Å². The highest BCUT2D eigenvalue weighted by Gasteiger charge is 2.17. The molecule has 0 bridgehead atoms. The maximum Gasteiger partial charge on any atom is 0.0687 e. The molecule has 1 aromatic heterocycles. The molecule has 1 rings (SSSR count). The van der Waals surface area contributed by atoms with Crippen LogP contribution in [0, 0.1) is 16.7 Å². The number of hydrogen-bond donors (Lipinski definition) is 1. The van der Waals surface area contributed by atoms with Gasteiger partial charge >= 0.3 is 0 Å². The van der Waals surface area contributed by atoms with Crippen LogP contribution in [0.25, 0.3) is 0 Å². The number of nitrogens with zero attached hydrogens (tertiary/aromatic N) is 1. The summed E-state index contributed by atoms with van der Waals surface area (Å²) in [7, 11) is 0. The maximum absolute atomic E-state index is 8.73. The molecular weight excluding hydrogens is 136 g/mol. The number of nitriles is 1. The van der Waals surface area contributed by atoms with Crippen molar-refractivity contribution in [1.82, 2.24) is 4.98 Å². The monoisotopic (exact) mass is 148 g/mol. The molecule has 0 amide bonds. The molecule has 0 aliphatic heterocycles. The van der Waals surface area contributed by atoms with Crippen molar-refractivity contribution in [2.24, 2.45) is 5.41 Å². The third-order valence-electron chi connectivity index (χ3n) is 1.60. The van der Waals surface area contributed by atoms with Crippen LogP contribution in [-0.4, -0.2) is 4.98 Å². The second-order valence-corrected chi connectivity index (χ2v) is 3.37. The van der Waals surface area contributed by atoms with Crippen molar-refractivity contribution < 1.29 is 0 Å². The highest BCUT2D eigenvalue weighted by atomic mass is 14.7. The zero-order valence-electron chi connectivity index (χ0n) is 6.89. The Kier molecular flexibility index (Phi) is 2.00. The third kappa shape index (κ3) is 2.12. The van der Waals surface area contributed by atoms with Crippen molar-refractivity contribution >= 4 is 0 Å². The van der Waals surface area contributed by atoms with Crippen LogP contribution in [0.5, 0.6) is 0 Å². The fourth-order valence-corrected chi connectivity index (χ4v) is 0.993. The lowest BCUT2D eigenvalue weighted by Gasteiger charge is -2.12. The van der Waals surface area contributed by atoms with Gasteiger partial charge in [0, 0.05) is 18.3 Å². The van der Waals surface area contributed by atoms with Crippen molar-refractivity contribution in [3.05, 3.63) is 24.0 Å². The van der Waals surface area contributed by atoms with E-state index in [-0.39, 0.29) is 5.41 Å². The molecule has 0 spiro atoms. The fourth-order valence-electron chi connectivity index (χ4n) is 0.993. The summed E-state index contributed by atoms with van der Waals surface area (Å²) >= 11 is 0. The first kappa shape index (κ1) is 7.87. The Labute approximate surface area is 66.9 Å². The minimum Gasteiger partial charge on any atom is -0.365 e. The first-order valence-corrected chi connectivity index (χ1v) is 3.67. The van der Waals surface area contributed by atoms with Gasteiger partial charge < -0.3 is 4.98 Å². The molecule has 2 nitrogen and oxygen atoms in total. The van der Waals surface area contributed by atoms with Gasteiger partial charge in [0.25, 0.3) is 0 Å². The summed E-state index contributed by atoms with van der Waals surface area (Å²) in [6, 6.07) is 6.21. The van der Waals surface area contributed by atoms with Crippen LogP contribution in [0.2, 0.25) is 0 Å². The smallest absolute Gasteiger partial charge is 0.0687 e. The topological polar surface area (TPSA) is 39.6 Å². The third-order valence-corrected chi connectivity index (χ3v) is 1.60. The first-order valence-electron chi connectivity index (χ1n) is 3.67. The molecular formula is C9H12N2. The predicted molar refractivity (Wildman–Crippen MR) is 43.9 cm³/mol. The average molecular weight is 148 g/mol. The van der Waals surface area contributed by atoms with Gasteiger partial charge in [0.2, 0.25) is 0 Å². The number of nitrogens with one attached hydrogen (secondary N) is 1. The number of rotatable bonds is 2. The number of H-pyrrole nitrogens is 1. The molecule has 0 aliphatic rings. The molecule has 1 N–H and O–H groups in total. The molecule has 1 aromatic rings. The van der Waals surface area contributed by atoms with Crippen molar-refractivity contribution in [3.63, 3.8) is 0 Å². The van der Waals surface area contributed by atoms with E-state index in [9.17, 15) is 0 Å². The summed E-state index contributed by atoms with van der Waals surface area (Å²) < 4.78 is 0. The lowest BCUT2D eigenvalue weighted by atomic mass is 9.90. The van der Waals surface area contributed by atoms with Crippen LogP contribution in [0.1, 0.15) is 19.5 Å². The van der Waals surface area contributed by atoms with Crippen LogP contribution >= 0.6 is 0 Å². The molecule has 58 valence electrons. The number of aromatic amines is 1. The zero-order valence-corrected chi connectivity index (χ0v) is 6.89. The predicted octanol–water partition coefficient (Wildman–Crippen LogP) is 2.11. The van der Waals surface area contributed by atoms with E-state index in [4.69, 9.17) is 5.26 Å². The van der Waals surface area contributed by atoms with Crippen LogP contribution < -0.4 is 0 Å². The highest BCUT2D eigenvalue weighted by molar-refractivity contribution is 5.09. The minimum atomic E-state index is -0.259. The number of hydrogen-bond acceptors (Lipinski definition) is 1. The summed E-state index contributed by atoms with van der Waals surface area (Å²) in [6.45, 7) is 3.88. The minimum absolute atomic E-state index is 0.259. The van der Waals surface area contributed by atoms with E-state index >= 15 is 0 Å². The van der Waals surface area contributed by atoms with Crippen molar-refractivity contribution in [2.75, 3.05) is 0 Å². The Morgan fingerprint density at radius 2 is 2.36 bits per heavy atom. The normalized spacial score (nSPS) is 11.0. The molecule has 0 unspecified atom stereocenters. The average Bonchev–Trinajstić information content (AvgIpc) is 2.39. The summed E-state index contributed by atoms with van der Waals surface area (Å²) in [5.41, 5.74) is 0.863. The number of aromatic nitrogens is 1. The SMILES string of the molecule is CC(C)(C#N)Cc1ccc[nH]1. The molecule has 0 fully saturated rings. The molecule has 0 saturated carbocycles. The van der Waals surface area contributed by atoms with Gasteiger partial charge in [-0.1, -0.05) is 0 Å². The summed E-state index contributed by atoms with van der Waals surface area (Å²) in [5, 5.41) is 8.73. The van der Waals surface area contributed by atoms with Gasteiger partial charge in [-0.2, -0.15) is 5.26 Å². The van der Waals surface area contributed by atoms with E-state index in [1.807, 2.05) is 32.2 Å². The van der Waals surface area contributed by atoms with E-state index in [0.29, 0.717) is 0 Å². The van der Waals surface area contributed by atoms with Crippen molar-refractivity contribution in [3.8, 4) is 6.07 Å². The summed E-state index contributed by atoms with van der Waals surface area (Å²) in [4.78, 5) is 3.08. The Morgan fingerprint density at radius 3 is 2.82 bits per heavy atom. The Hall–Kier alpha value is -1.23. The second-order valence-electron chi connectivity index (χ2n) is 3.37. The molecule has 0 radical (unpaired) electrons. The van der Waals surface area contributed by atoms with Gasteiger partial charge in [-0.05, 0) is 26.0 Å². The molecule has 0 saturated heterocycles. The van der Waals surface area contributed by atoms with Crippen molar-refractivity contribution in [2.45, 2.75) is 20.3 Å². The van der Waals surface area contributed by atoms with Crippen LogP contribution in [-0.2, 0) is 6.42 Å². The largest absolute Gasteiger partial charge is 0.365 e. The molecule has 2 heteroatoms. The molecule has 11 heavy (non-hydrogen) atoms. The Balaban J connectivity index is 2.65. The van der Waals surface area contributed by atoms with E-state index in [1.165, 1.54) is 0 Å². The van der Waals surface area contributed by atoms with Gasteiger partial charge in [-0.25, -0.2) is 0 Å². The maximum atomic E-state index is 8.73. The lowest BCUT2D eigenvalue weighted by molar-refractivity contribution is 0.488. The standard InChI is InChI=1S/C9H12N2/c1-9(2,7-10)6-8-4-3-5-11-8/h3-5,11H,6H2,1-2H3. The van der Waals surface area contributed by atoms with Crippen LogP contribution in [0.15, 0.2) is 18.3 Å². The van der Waals surface area contributed by atoms with Crippen LogP contribution in [0.4, 0.5) is 0 Å². The summed E-state index contributed by atoms with van der Waals surface area (Å²) in [6.07, 6.45) is 2.67. The molecule has 0 aliphatic carbocycles. The van der Waals surface area contributed by atoms with E-state index in [1.54, 1.807) is 0 Å². The van der Waals surface area contributed by atoms with E-state index < -0.39 is 0 Å². The van der Waals surface area contributed by atoms with Gasteiger partial charge in [0.1, 0.15) is 0 Å². The fraction of sp³-hybridized carbons (Fsp3) is 0.444. The van der Waals surface area contributed by atoms with Crippen molar-refractivity contribution in [1.29, 1.82) is 5.26 Å². The van der Waals surface area contributed by atoms with E-state index in [2.05, 4.69) is 11.1 Å². The molecule has 0 aromatic carbocycles. The van der Waals surface area contributed by atoms with Gasteiger partial charge in [-0.15, -0.1) is 0 Å². The Morgan fingerprint density at radius 1 is 1.64 bits per heavy atom. The van der Waals surface area contributed by atoms with Gasteiger partial charge in [0.15, 0.2) is 0 Å². The highest BCUT2D eigenvalue weighted by Crippen LogP contribution is 2.18. The second kappa shape index (κ2) is 2.79. The quantitative estimate of drug-likeness (QED) is 0.685. The van der Waals surface area contributed by atoms with E-state index in [0.717, 1.165) is 12.1 Å². The lowest BCUT2D eigenvalue weighted by Crippen LogP contribution is -2.11. The Bertz CT molecular complexity index is 252. The van der Waals surface area contributed by atoms with Crippen LogP contribution in [0.3, 0.4) is 0 Å². The van der Waals surface area contributed by atoms with Gasteiger partial charge in [-0.3, -0.25) is 0 Å². The first-order chi connectivity index (χ1) is 5.14. The molecule has 0 atom stereocenters. The zero-order chi connectivity index (χ0) is 8.32. The summed E-state index contributed by atoms with van der Waals surface area (Å²) in [5.74, 6) is 0. The molecule has 1 heterocycles.